The second kappa shape index (κ2) is 6.23. The van der Waals surface area contributed by atoms with E-state index in [1.165, 1.54) is 6.20 Å². The van der Waals surface area contributed by atoms with Gasteiger partial charge in [0.2, 0.25) is 0 Å². The molecule has 0 radical (unpaired) electrons. The number of carbonyl (C=O) groups excluding carboxylic acids is 1. The van der Waals surface area contributed by atoms with E-state index in [1.54, 1.807) is 12.3 Å². The summed E-state index contributed by atoms with van der Waals surface area (Å²) in [4.78, 5) is 18.3. The maximum atomic E-state index is 12.3. The van der Waals surface area contributed by atoms with Crippen LogP contribution in [-0.4, -0.2) is 25.0 Å². The number of hydrazine groups is 1. The fraction of sp³-hybridized carbons (Fsp3) is 0.200. The summed E-state index contributed by atoms with van der Waals surface area (Å²) in [7, 11) is 3.93. The Morgan fingerprint density at radius 1 is 1.29 bits per heavy atom. The molecule has 0 aliphatic heterocycles. The van der Waals surface area contributed by atoms with Gasteiger partial charge in [-0.1, -0.05) is 6.07 Å². The van der Waals surface area contributed by atoms with E-state index in [4.69, 9.17) is 5.84 Å². The molecule has 2 aromatic rings. The number of anilines is 3. The van der Waals surface area contributed by atoms with E-state index in [9.17, 15) is 4.79 Å². The number of nitrogens with two attached hydrogens (primary N) is 1. The van der Waals surface area contributed by atoms with Crippen LogP contribution in [0.15, 0.2) is 36.7 Å². The van der Waals surface area contributed by atoms with Crippen LogP contribution < -0.4 is 21.5 Å². The Hall–Kier alpha value is -2.60. The number of amides is 1. The number of hydrogen-bond acceptors (Lipinski definition) is 5. The maximum absolute atomic E-state index is 12.3. The Balaban J connectivity index is 2.26. The lowest BCUT2D eigenvalue weighted by Gasteiger charge is -2.17. The zero-order valence-electron chi connectivity index (χ0n) is 12.3. The third-order valence-electron chi connectivity index (χ3n) is 3.17. The van der Waals surface area contributed by atoms with E-state index in [0.717, 1.165) is 16.9 Å². The molecule has 0 aliphatic carbocycles. The first-order valence-electron chi connectivity index (χ1n) is 6.53. The molecular weight excluding hydrogens is 266 g/mol. The number of nitrogen functional groups attached to an aromatic ring is 1. The van der Waals surface area contributed by atoms with Gasteiger partial charge < -0.3 is 15.6 Å². The summed E-state index contributed by atoms with van der Waals surface area (Å²) in [5.74, 6) is 5.14. The Kier molecular flexibility index (Phi) is 4.39. The van der Waals surface area contributed by atoms with Gasteiger partial charge in [0.25, 0.3) is 5.91 Å². The molecule has 1 amide bonds. The van der Waals surface area contributed by atoms with Crippen LogP contribution in [-0.2, 0) is 0 Å². The fourth-order valence-electron chi connectivity index (χ4n) is 2.07. The molecular formula is C15H19N5O. The number of nitrogens with one attached hydrogen (secondary N) is 2. The summed E-state index contributed by atoms with van der Waals surface area (Å²) in [6.45, 7) is 2.03. The Morgan fingerprint density at radius 2 is 2.05 bits per heavy atom. The van der Waals surface area contributed by atoms with Crippen molar-refractivity contribution >= 4 is 23.0 Å². The number of benzene rings is 1. The molecule has 0 spiro atoms. The van der Waals surface area contributed by atoms with Gasteiger partial charge >= 0.3 is 0 Å². The minimum absolute atomic E-state index is 0.260. The van der Waals surface area contributed by atoms with Crippen LogP contribution in [0.4, 0.5) is 17.1 Å². The molecule has 21 heavy (non-hydrogen) atoms. The summed E-state index contributed by atoms with van der Waals surface area (Å²) in [6, 6.07) is 7.41. The first kappa shape index (κ1) is 14.8. The number of rotatable bonds is 4. The summed E-state index contributed by atoms with van der Waals surface area (Å²) in [5, 5.41) is 2.85. The maximum Gasteiger partial charge on any atom is 0.259 e. The van der Waals surface area contributed by atoms with E-state index in [1.807, 2.05) is 44.1 Å². The lowest BCUT2D eigenvalue weighted by Crippen LogP contribution is -2.18. The zero-order valence-corrected chi connectivity index (χ0v) is 12.3. The van der Waals surface area contributed by atoms with Gasteiger partial charge in [-0.3, -0.25) is 15.6 Å². The largest absolute Gasteiger partial charge is 0.377 e. The number of aromatic nitrogens is 1. The highest BCUT2D eigenvalue weighted by molar-refractivity contribution is 6.07. The molecule has 6 heteroatoms. The lowest BCUT2D eigenvalue weighted by atomic mass is 10.1. The van der Waals surface area contributed by atoms with E-state index in [2.05, 4.69) is 15.7 Å². The van der Waals surface area contributed by atoms with Crippen molar-refractivity contribution in [1.82, 2.24) is 4.98 Å². The smallest absolute Gasteiger partial charge is 0.259 e. The standard InChI is InChI=1S/C15H19N5O/c1-10-4-5-11(8-14(10)20(2)3)18-15(21)12-9-17-7-6-13(12)19-16/h4-9H,16H2,1-3H3,(H,17,19)(H,18,21). The summed E-state index contributed by atoms with van der Waals surface area (Å²) in [6.07, 6.45) is 3.05. The molecule has 0 fully saturated rings. The van der Waals surface area contributed by atoms with Gasteiger partial charge in [-0.05, 0) is 30.7 Å². The van der Waals surface area contributed by atoms with Gasteiger partial charge in [-0.15, -0.1) is 0 Å². The van der Waals surface area contributed by atoms with Crippen molar-refractivity contribution in [2.24, 2.45) is 5.84 Å². The number of carbonyl (C=O) groups is 1. The first-order valence-corrected chi connectivity index (χ1v) is 6.53. The first-order chi connectivity index (χ1) is 10.0. The minimum atomic E-state index is -0.260. The fourth-order valence-corrected chi connectivity index (χ4v) is 2.07. The van der Waals surface area contributed by atoms with Gasteiger partial charge in [0.15, 0.2) is 0 Å². The zero-order chi connectivity index (χ0) is 15.4. The Labute approximate surface area is 123 Å². The average molecular weight is 285 g/mol. The summed E-state index contributed by atoms with van der Waals surface area (Å²) < 4.78 is 0. The average Bonchev–Trinajstić information content (AvgIpc) is 2.48. The van der Waals surface area contributed by atoms with Crippen LogP contribution in [0.1, 0.15) is 15.9 Å². The van der Waals surface area contributed by atoms with Gasteiger partial charge in [0.1, 0.15) is 0 Å². The number of hydrogen-bond donors (Lipinski definition) is 3. The molecule has 110 valence electrons. The lowest BCUT2D eigenvalue weighted by molar-refractivity contribution is 0.102. The Bertz CT molecular complexity index is 654. The number of pyridine rings is 1. The van der Waals surface area contributed by atoms with Crippen molar-refractivity contribution in [3.8, 4) is 0 Å². The van der Waals surface area contributed by atoms with Crippen LogP contribution in [0, 0.1) is 6.92 Å². The molecule has 2 rings (SSSR count). The topological polar surface area (TPSA) is 83.3 Å². The predicted octanol–water partition coefficient (Wildman–Crippen LogP) is 1.99. The quantitative estimate of drug-likeness (QED) is 0.591. The summed E-state index contributed by atoms with van der Waals surface area (Å²) >= 11 is 0. The van der Waals surface area contributed by atoms with E-state index < -0.39 is 0 Å². The monoisotopic (exact) mass is 285 g/mol. The highest BCUT2D eigenvalue weighted by Crippen LogP contribution is 2.23. The molecule has 4 N–H and O–H groups in total. The van der Waals surface area contributed by atoms with E-state index in [0.29, 0.717) is 11.3 Å². The van der Waals surface area contributed by atoms with Crippen LogP contribution in [0.2, 0.25) is 0 Å². The minimum Gasteiger partial charge on any atom is -0.377 e. The van der Waals surface area contributed by atoms with Crippen molar-refractivity contribution in [2.45, 2.75) is 6.92 Å². The van der Waals surface area contributed by atoms with Crippen LogP contribution in [0.25, 0.3) is 0 Å². The molecule has 1 aromatic heterocycles. The molecule has 6 nitrogen and oxygen atoms in total. The van der Waals surface area contributed by atoms with Crippen LogP contribution in [0.3, 0.4) is 0 Å². The molecule has 0 aliphatic rings. The molecule has 0 saturated carbocycles. The van der Waals surface area contributed by atoms with Gasteiger partial charge in [-0.25, -0.2) is 0 Å². The van der Waals surface area contributed by atoms with Crippen molar-refractivity contribution < 1.29 is 4.79 Å². The van der Waals surface area contributed by atoms with Crippen LogP contribution >= 0.6 is 0 Å². The van der Waals surface area contributed by atoms with Gasteiger partial charge in [0.05, 0.1) is 11.3 Å². The van der Waals surface area contributed by atoms with Crippen molar-refractivity contribution in [3.05, 3.63) is 47.8 Å². The highest BCUT2D eigenvalue weighted by Gasteiger charge is 2.12. The van der Waals surface area contributed by atoms with Gasteiger partial charge in [-0.2, -0.15) is 0 Å². The predicted molar refractivity (Wildman–Crippen MR) is 85.5 cm³/mol. The highest BCUT2D eigenvalue weighted by atomic mass is 16.1. The SMILES string of the molecule is Cc1ccc(NC(=O)c2cnccc2NN)cc1N(C)C. The number of aryl methyl sites for hydroxylation is 1. The molecule has 1 heterocycles. The second-order valence-corrected chi connectivity index (χ2v) is 4.92. The second-order valence-electron chi connectivity index (χ2n) is 4.92. The van der Waals surface area contributed by atoms with Crippen molar-refractivity contribution in [1.29, 1.82) is 0 Å². The molecule has 0 unspecified atom stereocenters. The summed E-state index contributed by atoms with van der Waals surface area (Å²) in [5.41, 5.74) is 6.33. The number of nitrogens with zero attached hydrogens (tertiary/aromatic N) is 2. The Morgan fingerprint density at radius 3 is 2.71 bits per heavy atom. The van der Waals surface area contributed by atoms with E-state index >= 15 is 0 Å². The van der Waals surface area contributed by atoms with E-state index in [-0.39, 0.29) is 5.91 Å². The van der Waals surface area contributed by atoms with Crippen molar-refractivity contribution in [3.63, 3.8) is 0 Å². The normalized spacial score (nSPS) is 10.1. The molecule has 0 atom stereocenters. The van der Waals surface area contributed by atoms with Gasteiger partial charge in [0, 0.05) is 37.9 Å². The van der Waals surface area contributed by atoms with Crippen LogP contribution in [0.5, 0.6) is 0 Å². The third-order valence-corrected chi connectivity index (χ3v) is 3.17. The third kappa shape index (κ3) is 3.29. The molecule has 0 bridgehead atoms. The molecule has 1 aromatic carbocycles. The molecule has 0 saturated heterocycles. The van der Waals surface area contributed by atoms with Crippen molar-refractivity contribution in [2.75, 3.05) is 29.7 Å².